The maximum absolute atomic E-state index is 12.7. The largest absolute Gasteiger partial charge is 0.337 e. The molecule has 0 aliphatic heterocycles. The minimum absolute atomic E-state index is 0. The molecule has 0 atom stereocenters. The number of hydrogen-bond donors (Lipinski definition) is 1. The fourth-order valence-corrected chi connectivity index (χ4v) is 3.24. The molecule has 0 spiro atoms. The Bertz CT molecular complexity index is 671. The lowest BCUT2D eigenvalue weighted by atomic mass is 10.1. The van der Waals surface area contributed by atoms with Gasteiger partial charge in [-0.1, -0.05) is 23.7 Å². The first-order valence-corrected chi connectivity index (χ1v) is 9.09. The molecule has 1 aliphatic rings. The van der Waals surface area contributed by atoms with Crippen LogP contribution in [-0.4, -0.2) is 28.9 Å². The quantitative estimate of drug-likeness (QED) is 0.788. The topological polar surface area (TPSA) is 59.2 Å². The molecule has 1 aromatic heterocycles. The zero-order valence-electron chi connectivity index (χ0n) is 13.3. The van der Waals surface area contributed by atoms with Crippen LogP contribution >= 0.6 is 35.3 Å². The first-order chi connectivity index (χ1) is 11.2. The van der Waals surface area contributed by atoms with Crippen molar-refractivity contribution < 1.29 is 4.79 Å². The van der Waals surface area contributed by atoms with Crippen LogP contribution in [0.1, 0.15) is 33.9 Å². The average molecular weight is 386 g/mol. The number of carbonyl (C=O) groups excluding carboxylic acids is 1. The van der Waals surface area contributed by atoms with Crippen LogP contribution < -0.4 is 5.73 Å². The van der Waals surface area contributed by atoms with Crippen LogP contribution in [0.2, 0.25) is 5.02 Å². The van der Waals surface area contributed by atoms with Crippen LogP contribution in [-0.2, 0) is 13.0 Å². The van der Waals surface area contributed by atoms with Crippen molar-refractivity contribution in [3.05, 3.63) is 50.9 Å². The molecule has 0 unspecified atom stereocenters. The molecule has 0 bridgehead atoms. The van der Waals surface area contributed by atoms with E-state index in [0.717, 1.165) is 23.0 Å². The van der Waals surface area contributed by atoms with Crippen molar-refractivity contribution in [3.8, 4) is 0 Å². The highest BCUT2D eigenvalue weighted by Crippen LogP contribution is 2.30. The van der Waals surface area contributed by atoms with Gasteiger partial charge in [0.05, 0.1) is 0 Å². The third-order valence-electron chi connectivity index (χ3n) is 3.99. The van der Waals surface area contributed by atoms with Crippen molar-refractivity contribution in [2.24, 2.45) is 11.7 Å². The van der Waals surface area contributed by atoms with Crippen LogP contribution in [0.15, 0.2) is 29.6 Å². The zero-order valence-corrected chi connectivity index (χ0v) is 15.7. The summed E-state index contributed by atoms with van der Waals surface area (Å²) >= 11 is 7.36. The summed E-state index contributed by atoms with van der Waals surface area (Å²) in [6.07, 6.45) is 3.26. The lowest BCUT2D eigenvalue weighted by Gasteiger charge is -2.22. The Kier molecular flexibility index (Phi) is 7.04. The number of amides is 1. The molecule has 1 amide bonds. The van der Waals surface area contributed by atoms with Crippen molar-refractivity contribution in [1.82, 2.24) is 9.88 Å². The lowest BCUT2D eigenvalue weighted by molar-refractivity contribution is 0.0744. The Balaban J connectivity index is 0.00000208. The van der Waals surface area contributed by atoms with Gasteiger partial charge >= 0.3 is 0 Å². The number of hydrogen-bond acceptors (Lipinski definition) is 4. The molecule has 4 nitrogen and oxygen atoms in total. The molecule has 2 N–H and O–H groups in total. The Morgan fingerprint density at radius 1 is 1.33 bits per heavy atom. The van der Waals surface area contributed by atoms with Crippen molar-refractivity contribution in [2.75, 3.05) is 13.1 Å². The maximum atomic E-state index is 12.7. The minimum Gasteiger partial charge on any atom is -0.337 e. The van der Waals surface area contributed by atoms with E-state index in [1.165, 1.54) is 29.7 Å². The van der Waals surface area contributed by atoms with E-state index in [2.05, 4.69) is 4.98 Å². The molecule has 1 aliphatic carbocycles. The van der Waals surface area contributed by atoms with Gasteiger partial charge in [0, 0.05) is 30.0 Å². The predicted octanol–water partition coefficient (Wildman–Crippen LogP) is 3.77. The summed E-state index contributed by atoms with van der Waals surface area (Å²) in [6.45, 7) is 1.90. The summed E-state index contributed by atoms with van der Waals surface area (Å²) in [5, 5.41) is 3.35. The number of nitrogens with zero attached hydrogens (tertiary/aromatic N) is 2. The summed E-state index contributed by atoms with van der Waals surface area (Å²) < 4.78 is 0. The lowest BCUT2D eigenvalue weighted by Crippen LogP contribution is -2.35. The standard InChI is InChI=1S/C17H20ClN3OS.ClH/c18-14-5-3-12(4-6-14)7-8-21(10-13-1-2-13)17(22)15-11-23-16(9-19)20-15;/h3-6,11,13H,1-2,7-10,19H2;1H. The number of halogens is 2. The minimum atomic E-state index is 0. The van der Waals surface area contributed by atoms with Gasteiger partial charge in [-0.05, 0) is 42.9 Å². The van der Waals surface area contributed by atoms with E-state index in [0.29, 0.717) is 24.7 Å². The van der Waals surface area contributed by atoms with Gasteiger partial charge < -0.3 is 10.6 Å². The summed E-state index contributed by atoms with van der Waals surface area (Å²) in [4.78, 5) is 19.0. The summed E-state index contributed by atoms with van der Waals surface area (Å²) in [7, 11) is 0. The highest BCUT2D eigenvalue weighted by molar-refractivity contribution is 7.09. The molecule has 1 aromatic carbocycles. The highest BCUT2D eigenvalue weighted by atomic mass is 35.5. The Morgan fingerprint density at radius 3 is 2.62 bits per heavy atom. The van der Waals surface area contributed by atoms with Crippen LogP contribution in [0.25, 0.3) is 0 Å². The normalized spacial score (nSPS) is 13.4. The maximum Gasteiger partial charge on any atom is 0.273 e. The Morgan fingerprint density at radius 2 is 2.04 bits per heavy atom. The molecular formula is C17H21Cl2N3OS. The number of nitrogens with two attached hydrogens (primary N) is 1. The third-order valence-corrected chi connectivity index (χ3v) is 5.11. The molecule has 0 radical (unpaired) electrons. The first kappa shape index (κ1) is 19.2. The van der Waals surface area contributed by atoms with Gasteiger partial charge in [0.2, 0.25) is 0 Å². The Labute approximate surface area is 157 Å². The van der Waals surface area contributed by atoms with Crippen LogP contribution in [0.4, 0.5) is 0 Å². The van der Waals surface area contributed by atoms with Crippen LogP contribution in [0.5, 0.6) is 0 Å². The van der Waals surface area contributed by atoms with Gasteiger partial charge in [0.25, 0.3) is 5.91 Å². The van der Waals surface area contributed by atoms with Gasteiger partial charge in [-0.15, -0.1) is 23.7 Å². The zero-order chi connectivity index (χ0) is 16.2. The molecule has 1 fully saturated rings. The SMILES string of the molecule is Cl.NCc1nc(C(=O)N(CCc2ccc(Cl)cc2)CC2CC2)cs1. The monoisotopic (exact) mass is 385 g/mol. The number of aromatic nitrogens is 1. The van der Waals surface area contributed by atoms with E-state index in [4.69, 9.17) is 17.3 Å². The summed E-state index contributed by atoms with van der Waals surface area (Å²) in [6, 6.07) is 7.80. The smallest absolute Gasteiger partial charge is 0.273 e. The number of carbonyl (C=O) groups is 1. The molecule has 24 heavy (non-hydrogen) atoms. The summed E-state index contributed by atoms with van der Waals surface area (Å²) in [5.41, 5.74) is 7.29. The molecule has 0 saturated heterocycles. The molecule has 130 valence electrons. The predicted molar refractivity (Wildman–Crippen MR) is 101 cm³/mol. The van der Waals surface area contributed by atoms with Gasteiger partial charge in [0.15, 0.2) is 0 Å². The van der Waals surface area contributed by atoms with E-state index in [-0.39, 0.29) is 18.3 Å². The average Bonchev–Trinajstić information content (AvgIpc) is 3.25. The second-order valence-electron chi connectivity index (χ2n) is 5.90. The second-order valence-corrected chi connectivity index (χ2v) is 7.28. The third kappa shape index (κ3) is 5.18. The van der Waals surface area contributed by atoms with E-state index >= 15 is 0 Å². The van der Waals surface area contributed by atoms with Crippen LogP contribution in [0, 0.1) is 5.92 Å². The first-order valence-electron chi connectivity index (χ1n) is 7.84. The van der Waals surface area contributed by atoms with Gasteiger partial charge in [0.1, 0.15) is 10.7 Å². The molecule has 3 rings (SSSR count). The molecule has 1 saturated carbocycles. The molecule has 1 heterocycles. The van der Waals surface area contributed by atoms with Crippen molar-refractivity contribution >= 4 is 41.3 Å². The number of benzene rings is 1. The van der Waals surface area contributed by atoms with Gasteiger partial charge in [-0.2, -0.15) is 0 Å². The van der Waals surface area contributed by atoms with E-state index in [9.17, 15) is 4.79 Å². The molecule has 7 heteroatoms. The second kappa shape index (κ2) is 8.81. The number of rotatable bonds is 7. The van der Waals surface area contributed by atoms with E-state index in [1.54, 1.807) is 0 Å². The van der Waals surface area contributed by atoms with Crippen molar-refractivity contribution in [1.29, 1.82) is 0 Å². The van der Waals surface area contributed by atoms with E-state index < -0.39 is 0 Å². The fraction of sp³-hybridized carbons (Fsp3) is 0.412. The van der Waals surface area contributed by atoms with Crippen molar-refractivity contribution in [2.45, 2.75) is 25.8 Å². The molecule has 2 aromatic rings. The van der Waals surface area contributed by atoms with Crippen LogP contribution in [0.3, 0.4) is 0 Å². The molecular weight excluding hydrogens is 365 g/mol. The fourth-order valence-electron chi connectivity index (χ4n) is 2.47. The van der Waals surface area contributed by atoms with Gasteiger partial charge in [-0.25, -0.2) is 4.98 Å². The van der Waals surface area contributed by atoms with Gasteiger partial charge in [-0.3, -0.25) is 4.79 Å². The van der Waals surface area contributed by atoms with Crippen molar-refractivity contribution in [3.63, 3.8) is 0 Å². The Hall–Kier alpha value is -1.14. The van der Waals surface area contributed by atoms with E-state index in [1.807, 2.05) is 34.5 Å². The number of thiazole rings is 1. The summed E-state index contributed by atoms with van der Waals surface area (Å²) in [5.74, 6) is 0.665. The highest BCUT2D eigenvalue weighted by Gasteiger charge is 2.28.